The molecule has 0 aliphatic carbocycles. The van der Waals surface area contributed by atoms with Crippen molar-refractivity contribution in [2.75, 3.05) is 14.2 Å². The van der Waals surface area contributed by atoms with E-state index in [1.807, 2.05) is 6.92 Å². The van der Waals surface area contributed by atoms with E-state index in [1.54, 1.807) is 20.4 Å². The van der Waals surface area contributed by atoms with Gasteiger partial charge in [-0.2, -0.15) is 0 Å². The second kappa shape index (κ2) is 6.14. The Balaban J connectivity index is 2.02. The predicted octanol–water partition coefficient (Wildman–Crippen LogP) is 1.08. The van der Waals surface area contributed by atoms with E-state index in [0.717, 1.165) is 11.3 Å². The number of oxazole rings is 1. The van der Waals surface area contributed by atoms with Crippen molar-refractivity contribution in [3.63, 3.8) is 0 Å². The molecule has 0 aromatic carbocycles. The van der Waals surface area contributed by atoms with Crippen LogP contribution < -0.4 is 14.8 Å². The Labute approximate surface area is 111 Å². The van der Waals surface area contributed by atoms with E-state index in [0.29, 0.717) is 30.7 Å². The van der Waals surface area contributed by atoms with Gasteiger partial charge in [0.25, 0.3) is 0 Å². The predicted molar refractivity (Wildman–Crippen MR) is 66.9 cm³/mol. The van der Waals surface area contributed by atoms with E-state index in [9.17, 15) is 0 Å². The largest absolute Gasteiger partial charge is 0.481 e. The summed E-state index contributed by atoms with van der Waals surface area (Å²) in [6.07, 6.45) is 3.09. The minimum absolute atomic E-state index is 0.489. The molecule has 0 saturated heterocycles. The lowest BCUT2D eigenvalue weighted by atomic mass is 10.3. The smallest absolute Gasteiger partial charge is 0.224 e. The molecule has 7 heteroatoms. The quantitative estimate of drug-likeness (QED) is 0.835. The van der Waals surface area contributed by atoms with Crippen LogP contribution in [0.3, 0.4) is 0 Å². The molecule has 2 aromatic rings. The minimum atomic E-state index is 0.489. The molecule has 0 unspecified atom stereocenters. The summed E-state index contributed by atoms with van der Waals surface area (Å²) in [5.41, 5.74) is 0.760. The van der Waals surface area contributed by atoms with Crippen LogP contribution in [0, 0.1) is 6.92 Å². The third-order valence-corrected chi connectivity index (χ3v) is 2.50. The van der Waals surface area contributed by atoms with Gasteiger partial charge in [-0.15, -0.1) is 0 Å². The fraction of sp³-hybridized carbons (Fsp3) is 0.417. The highest BCUT2D eigenvalue weighted by molar-refractivity contribution is 5.34. The summed E-state index contributed by atoms with van der Waals surface area (Å²) in [6.45, 7) is 2.86. The number of nitrogens with one attached hydrogen (secondary N) is 1. The van der Waals surface area contributed by atoms with Crippen LogP contribution in [0.1, 0.15) is 17.2 Å². The van der Waals surface area contributed by atoms with Crippen molar-refractivity contribution < 1.29 is 13.9 Å². The number of rotatable bonds is 6. The van der Waals surface area contributed by atoms with Gasteiger partial charge in [-0.3, -0.25) is 0 Å². The Morgan fingerprint density at radius 1 is 1.11 bits per heavy atom. The lowest BCUT2D eigenvalue weighted by molar-refractivity contribution is 0.357. The van der Waals surface area contributed by atoms with Crippen molar-refractivity contribution in [2.45, 2.75) is 20.0 Å². The second-order valence-corrected chi connectivity index (χ2v) is 3.84. The molecular formula is C12H16N4O3. The van der Waals surface area contributed by atoms with Crippen molar-refractivity contribution >= 4 is 0 Å². The molecule has 2 rings (SSSR count). The fourth-order valence-corrected chi connectivity index (χ4v) is 1.66. The molecule has 0 radical (unpaired) electrons. The first-order valence-corrected chi connectivity index (χ1v) is 5.78. The standard InChI is InChI=1S/C12H16N4O3/c1-8-4-14-10(19-8)6-13-5-9-11(17-2)15-7-16-12(9)18-3/h4,7,13H,5-6H2,1-3H3. The normalized spacial score (nSPS) is 10.5. The van der Waals surface area contributed by atoms with Crippen LogP contribution in [0.4, 0.5) is 0 Å². The topological polar surface area (TPSA) is 82.3 Å². The Bertz CT molecular complexity index is 519. The molecule has 0 fully saturated rings. The molecule has 0 atom stereocenters. The molecule has 0 saturated carbocycles. The van der Waals surface area contributed by atoms with Crippen LogP contribution in [0.15, 0.2) is 16.9 Å². The zero-order valence-electron chi connectivity index (χ0n) is 11.1. The van der Waals surface area contributed by atoms with Crippen molar-refractivity contribution in [3.8, 4) is 11.8 Å². The summed E-state index contributed by atoms with van der Waals surface area (Å²) in [5.74, 6) is 2.40. The average Bonchev–Trinajstić information content (AvgIpc) is 2.84. The van der Waals surface area contributed by atoms with Gasteiger partial charge in [0.05, 0.1) is 32.5 Å². The molecule has 19 heavy (non-hydrogen) atoms. The molecule has 102 valence electrons. The zero-order valence-corrected chi connectivity index (χ0v) is 11.1. The maximum Gasteiger partial charge on any atom is 0.224 e. The molecule has 7 nitrogen and oxygen atoms in total. The van der Waals surface area contributed by atoms with E-state index in [4.69, 9.17) is 13.9 Å². The fourth-order valence-electron chi connectivity index (χ4n) is 1.66. The van der Waals surface area contributed by atoms with E-state index in [2.05, 4.69) is 20.3 Å². The molecule has 0 spiro atoms. The van der Waals surface area contributed by atoms with E-state index in [-0.39, 0.29) is 0 Å². The lowest BCUT2D eigenvalue weighted by Gasteiger charge is -2.10. The maximum absolute atomic E-state index is 5.37. The van der Waals surface area contributed by atoms with Crippen LogP contribution in [-0.4, -0.2) is 29.2 Å². The van der Waals surface area contributed by atoms with Crippen LogP contribution >= 0.6 is 0 Å². The summed E-state index contributed by atoms with van der Waals surface area (Å²) in [7, 11) is 3.12. The zero-order chi connectivity index (χ0) is 13.7. The summed E-state index contributed by atoms with van der Waals surface area (Å²) >= 11 is 0. The average molecular weight is 264 g/mol. The molecule has 1 N–H and O–H groups in total. The number of aryl methyl sites for hydroxylation is 1. The van der Waals surface area contributed by atoms with Gasteiger partial charge in [0.1, 0.15) is 12.1 Å². The van der Waals surface area contributed by atoms with E-state index in [1.165, 1.54) is 6.33 Å². The van der Waals surface area contributed by atoms with Crippen molar-refractivity contribution in [1.29, 1.82) is 0 Å². The van der Waals surface area contributed by atoms with Gasteiger partial charge in [-0.25, -0.2) is 15.0 Å². The summed E-state index contributed by atoms with van der Waals surface area (Å²) in [5, 5.41) is 3.18. The van der Waals surface area contributed by atoms with Gasteiger partial charge in [0.15, 0.2) is 0 Å². The van der Waals surface area contributed by atoms with Crippen molar-refractivity contribution in [3.05, 3.63) is 29.7 Å². The van der Waals surface area contributed by atoms with Gasteiger partial charge in [-0.1, -0.05) is 0 Å². The lowest BCUT2D eigenvalue weighted by Crippen LogP contribution is -2.15. The number of hydrogen-bond donors (Lipinski definition) is 1. The molecule has 0 aliphatic heterocycles. The van der Waals surface area contributed by atoms with Gasteiger partial charge in [-0.05, 0) is 6.92 Å². The maximum atomic E-state index is 5.37. The van der Waals surface area contributed by atoms with Crippen molar-refractivity contribution in [1.82, 2.24) is 20.3 Å². The second-order valence-electron chi connectivity index (χ2n) is 3.84. The van der Waals surface area contributed by atoms with Crippen LogP contribution in [0.5, 0.6) is 11.8 Å². The summed E-state index contributed by atoms with van der Waals surface area (Å²) < 4.78 is 15.7. The Kier molecular flexibility index (Phi) is 4.30. The summed E-state index contributed by atoms with van der Waals surface area (Å²) in [4.78, 5) is 12.2. The third-order valence-electron chi connectivity index (χ3n) is 2.50. The highest BCUT2D eigenvalue weighted by atomic mass is 16.5. The van der Waals surface area contributed by atoms with Gasteiger partial charge < -0.3 is 19.2 Å². The Hall–Kier alpha value is -2.15. The van der Waals surface area contributed by atoms with Crippen LogP contribution in [0.25, 0.3) is 0 Å². The first kappa shape index (κ1) is 13.3. The Morgan fingerprint density at radius 2 is 1.79 bits per heavy atom. The number of aromatic nitrogens is 3. The first-order chi connectivity index (χ1) is 9.24. The van der Waals surface area contributed by atoms with E-state index < -0.39 is 0 Å². The molecular weight excluding hydrogens is 248 g/mol. The monoisotopic (exact) mass is 264 g/mol. The number of nitrogens with zero attached hydrogens (tertiary/aromatic N) is 3. The first-order valence-electron chi connectivity index (χ1n) is 5.78. The highest BCUT2D eigenvalue weighted by Crippen LogP contribution is 2.22. The van der Waals surface area contributed by atoms with Crippen LogP contribution in [-0.2, 0) is 13.1 Å². The molecule has 2 heterocycles. The third kappa shape index (κ3) is 3.19. The Morgan fingerprint density at radius 3 is 2.32 bits per heavy atom. The highest BCUT2D eigenvalue weighted by Gasteiger charge is 2.12. The van der Waals surface area contributed by atoms with Gasteiger partial charge >= 0.3 is 0 Å². The van der Waals surface area contributed by atoms with E-state index >= 15 is 0 Å². The molecule has 2 aromatic heterocycles. The van der Waals surface area contributed by atoms with Gasteiger partial charge in [0.2, 0.25) is 17.7 Å². The SMILES string of the molecule is COc1ncnc(OC)c1CNCc1ncc(C)o1. The van der Waals surface area contributed by atoms with Crippen LogP contribution in [0.2, 0.25) is 0 Å². The minimum Gasteiger partial charge on any atom is -0.481 e. The summed E-state index contributed by atoms with van der Waals surface area (Å²) in [6, 6.07) is 0. The molecule has 0 amide bonds. The number of hydrogen-bond acceptors (Lipinski definition) is 7. The van der Waals surface area contributed by atoms with Crippen molar-refractivity contribution in [2.24, 2.45) is 0 Å². The van der Waals surface area contributed by atoms with Gasteiger partial charge in [0, 0.05) is 6.54 Å². The molecule has 0 aliphatic rings. The number of ether oxygens (including phenoxy) is 2. The molecule has 0 bridgehead atoms. The number of methoxy groups -OCH3 is 2.